The molecule has 0 amide bonds. The summed E-state index contributed by atoms with van der Waals surface area (Å²) in [5.41, 5.74) is 0. The summed E-state index contributed by atoms with van der Waals surface area (Å²) in [6.07, 6.45) is 5.08. The van der Waals surface area contributed by atoms with Crippen molar-refractivity contribution in [2.45, 2.75) is 51.2 Å². The van der Waals surface area contributed by atoms with Gasteiger partial charge in [0.05, 0.1) is 11.9 Å². The Morgan fingerprint density at radius 1 is 1.29 bits per heavy atom. The molecular formula is C10H22O3S. The van der Waals surface area contributed by atoms with Gasteiger partial charge in [0.1, 0.15) is 0 Å². The first-order chi connectivity index (χ1) is 6.72. The molecule has 3 nitrogen and oxygen atoms in total. The fourth-order valence-corrected chi connectivity index (χ4v) is 1.88. The lowest BCUT2D eigenvalue weighted by molar-refractivity contribution is 0.127. The average Bonchev–Trinajstić information content (AvgIpc) is 2.15. The molecule has 0 radical (unpaired) electrons. The van der Waals surface area contributed by atoms with Crippen molar-refractivity contribution in [2.75, 3.05) is 13.2 Å². The Morgan fingerprint density at radius 3 is 2.50 bits per heavy atom. The summed E-state index contributed by atoms with van der Waals surface area (Å²) >= 11 is -1.74. The van der Waals surface area contributed by atoms with Gasteiger partial charge in [0, 0.05) is 6.61 Å². The normalized spacial score (nSPS) is 15.4. The summed E-state index contributed by atoms with van der Waals surface area (Å²) in [7, 11) is 0. The second-order valence-electron chi connectivity index (χ2n) is 3.47. The first-order valence-corrected chi connectivity index (χ1v) is 6.56. The summed E-state index contributed by atoms with van der Waals surface area (Å²) in [5, 5.41) is -0.207. The van der Waals surface area contributed by atoms with Crippen LogP contribution < -0.4 is 0 Å². The smallest absolute Gasteiger partial charge is 0.158 e. The van der Waals surface area contributed by atoms with Gasteiger partial charge in [-0.15, -0.1) is 0 Å². The van der Waals surface area contributed by atoms with Gasteiger partial charge in [-0.1, -0.05) is 33.1 Å². The van der Waals surface area contributed by atoms with Crippen LogP contribution in [0.4, 0.5) is 0 Å². The molecule has 14 heavy (non-hydrogen) atoms. The molecule has 1 N–H and O–H groups in total. The van der Waals surface area contributed by atoms with E-state index in [0.717, 1.165) is 19.3 Å². The maximum Gasteiger partial charge on any atom is 0.158 e. The van der Waals surface area contributed by atoms with E-state index < -0.39 is 11.1 Å². The summed E-state index contributed by atoms with van der Waals surface area (Å²) in [5.74, 6) is 0. The predicted molar refractivity (Wildman–Crippen MR) is 59.8 cm³/mol. The monoisotopic (exact) mass is 222 g/mol. The quantitative estimate of drug-likeness (QED) is 0.482. The van der Waals surface area contributed by atoms with Crippen molar-refractivity contribution >= 4 is 11.1 Å². The van der Waals surface area contributed by atoms with E-state index in [0.29, 0.717) is 13.2 Å². The molecule has 0 spiro atoms. The first-order valence-electron chi connectivity index (χ1n) is 5.39. The van der Waals surface area contributed by atoms with Gasteiger partial charge >= 0.3 is 0 Å². The zero-order valence-electron chi connectivity index (χ0n) is 9.20. The fourth-order valence-electron chi connectivity index (χ4n) is 1.23. The molecule has 86 valence electrons. The highest BCUT2D eigenvalue weighted by Crippen LogP contribution is 2.05. The average molecular weight is 222 g/mol. The number of unbranched alkanes of at least 4 members (excludes halogenated alkanes) is 2. The largest absolute Gasteiger partial charge is 0.380 e. The van der Waals surface area contributed by atoms with Crippen molar-refractivity contribution in [1.82, 2.24) is 0 Å². The van der Waals surface area contributed by atoms with Gasteiger partial charge in [-0.2, -0.15) is 0 Å². The molecule has 2 unspecified atom stereocenters. The molecule has 0 fully saturated rings. The molecule has 2 atom stereocenters. The van der Waals surface area contributed by atoms with Gasteiger partial charge in [-0.3, -0.25) is 0 Å². The topological polar surface area (TPSA) is 46.5 Å². The third-order valence-electron chi connectivity index (χ3n) is 2.09. The van der Waals surface area contributed by atoms with Crippen LogP contribution in [0.1, 0.15) is 46.0 Å². The minimum absolute atomic E-state index is 0.207. The van der Waals surface area contributed by atoms with Crippen LogP contribution in [0.15, 0.2) is 0 Å². The maximum atomic E-state index is 10.8. The Balaban J connectivity index is 3.46. The Morgan fingerprint density at radius 2 is 2.00 bits per heavy atom. The lowest BCUT2D eigenvalue weighted by Gasteiger charge is -2.11. The number of rotatable bonds is 9. The summed E-state index contributed by atoms with van der Waals surface area (Å²) in [6.45, 7) is 5.28. The van der Waals surface area contributed by atoms with Crippen LogP contribution in [0.25, 0.3) is 0 Å². The van der Waals surface area contributed by atoms with Gasteiger partial charge in [0.15, 0.2) is 11.1 Å². The zero-order valence-corrected chi connectivity index (χ0v) is 10.0. The lowest BCUT2D eigenvalue weighted by atomic mass is 10.2. The molecule has 0 aromatic rings. The molecule has 0 aromatic carbocycles. The molecule has 0 saturated heterocycles. The second kappa shape index (κ2) is 9.62. The van der Waals surface area contributed by atoms with Crippen LogP contribution in [0.2, 0.25) is 0 Å². The summed E-state index contributed by atoms with van der Waals surface area (Å²) in [6, 6.07) is 0. The van der Waals surface area contributed by atoms with E-state index in [4.69, 9.17) is 9.29 Å². The van der Waals surface area contributed by atoms with Crippen LogP contribution in [-0.4, -0.2) is 27.2 Å². The van der Waals surface area contributed by atoms with E-state index in [1.807, 2.05) is 6.92 Å². The number of hydrogen-bond donors (Lipinski definition) is 1. The van der Waals surface area contributed by atoms with Crippen LogP contribution in [0, 0.1) is 0 Å². The minimum atomic E-state index is -1.74. The van der Waals surface area contributed by atoms with Gasteiger partial charge in [0.25, 0.3) is 0 Å². The van der Waals surface area contributed by atoms with Crippen molar-refractivity contribution in [3.63, 3.8) is 0 Å². The highest BCUT2D eigenvalue weighted by molar-refractivity contribution is 7.79. The maximum absolute atomic E-state index is 10.8. The molecule has 0 aliphatic carbocycles. The van der Waals surface area contributed by atoms with E-state index in [2.05, 4.69) is 6.92 Å². The molecule has 0 bridgehead atoms. The fraction of sp³-hybridized carbons (Fsp3) is 1.00. The van der Waals surface area contributed by atoms with Gasteiger partial charge in [0.2, 0.25) is 0 Å². The van der Waals surface area contributed by atoms with Gasteiger partial charge in [-0.25, -0.2) is 4.21 Å². The van der Waals surface area contributed by atoms with Crippen molar-refractivity contribution in [3.8, 4) is 0 Å². The summed E-state index contributed by atoms with van der Waals surface area (Å²) in [4.78, 5) is 0. The molecule has 0 aliphatic rings. The Bertz CT molecular complexity index is 150. The van der Waals surface area contributed by atoms with Crippen LogP contribution in [0.3, 0.4) is 0 Å². The van der Waals surface area contributed by atoms with E-state index in [9.17, 15) is 4.21 Å². The molecule has 0 heterocycles. The first kappa shape index (κ1) is 14.1. The van der Waals surface area contributed by atoms with Crippen LogP contribution >= 0.6 is 0 Å². The highest BCUT2D eigenvalue weighted by atomic mass is 32.2. The molecule has 0 rings (SSSR count). The van der Waals surface area contributed by atoms with Crippen molar-refractivity contribution in [1.29, 1.82) is 0 Å². The third-order valence-corrected chi connectivity index (χ3v) is 3.03. The van der Waals surface area contributed by atoms with Gasteiger partial charge in [-0.05, 0) is 12.8 Å². The van der Waals surface area contributed by atoms with Crippen molar-refractivity contribution < 1.29 is 13.5 Å². The number of hydrogen-bond acceptors (Lipinski definition) is 2. The van der Waals surface area contributed by atoms with E-state index in [-0.39, 0.29) is 5.25 Å². The Labute approximate surface area is 89.5 Å². The standard InChI is InChI=1S/C10H22O3S/c1-3-5-6-8-13-9-10(7-4-2)14(11)12/h10H,3-9H2,1-2H3,(H,11,12). The van der Waals surface area contributed by atoms with E-state index >= 15 is 0 Å². The van der Waals surface area contributed by atoms with Gasteiger partial charge < -0.3 is 9.29 Å². The summed E-state index contributed by atoms with van der Waals surface area (Å²) < 4.78 is 25.1. The molecule has 0 aromatic heterocycles. The van der Waals surface area contributed by atoms with E-state index in [1.165, 1.54) is 12.8 Å². The second-order valence-corrected chi connectivity index (χ2v) is 4.69. The Kier molecular flexibility index (Phi) is 9.67. The van der Waals surface area contributed by atoms with Crippen LogP contribution in [0.5, 0.6) is 0 Å². The molecule has 0 aliphatic heterocycles. The Hall–Kier alpha value is 0.0700. The minimum Gasteiger partial charge on any atom is -0.380 e. The van der Waals surface area contributed by atoms with Crippen molar-refractivity contribution in [3.05, 3.63) is 0 Å². The zero-order chi connectivity index (χ0) is 10.8. The third kappa shape index (κ3) is 7.47. The number of ether oxygens (including phenoxy) is 1. The predicted octanol–water partition coefficient (Wildman–Crippen LogP) is 2.58. The highest BCUT2D eigenvalue weighted by Gasteiger charge is 2.13. The molecule has 4 heteroatoms. The molecular weight excluding hydrogens is 200 g/mol. The molecule has 0 saturated carbocycles. The van der Waals surface area contributed by atoms with Crippen molar-refractivity contribution in [2.24, 2.45) is 0 Å². The van der Waals surface area contributed by atoms with E-state index in [1.54, 1.807) is 0 Å². The van der Waals surface area contributed by atoms with Crippen LogP contribution in [-0.2, 0) is 15.8 Å². The lowest BCUT2D eigenvalue weighted by Crippen LogP contribution is -2.21. The SMILES string of the molecule is CCCCCOCC(CCC)S(=O)O.